The number of urea groups is 1. The van der Waals surface area contributed by atoms with Crippen LogP contribution in [-0.2, 0) is 4.79 Å². The Labute approximate surface area is 340 Å². The van der Waals surface area contributed by atoms with E-state index in [4.69, 9.17) is 21.6 Å². The second-order valence-corrected chi connectivity index (χ2v) is 16.5. The molecule has 3 aromatic rings. The van der Waals surface area contributed by atoms with Crippen LogP contribution >= 0.6 is 11.6 Å². The number of rotatable bonds is 9. The number of ether oxygens (including phenoxy) is 1. The Kier molecular flexibility index (Phi) is 10.1. The van der Waals surface area contributed by atoms with Crippen molar-refractivity contribution in [2.45, 2.75) is 75.6 Å². The fourth-order valence-electron chi connectivity index (χ4n) is 9.38. The number of hydrogen-bond acceptors (Lipinski definition) is 12. The van der Waals surface area contributed by atoms with Gasteiger partial charge in [-0.05, 0) is 93.3 Å². The molecular weight excluding hydrogens is 764 g/mol. The van der Waals surface area contributed by atoms with Crippen LogP contribution in [0.4, 0.5) is 16.3 Å². The highest BCUT2D eigenvalue weighted by Gasteiger charge is 2.46. The number of carbonyl (C=O) groups is 5. The maximum Gasteiger partial charge on any atom is 0.343 e. The van der Waals surface area contributed by atoms with Crippen LogP contribution in [0.15, 0.2) is 48.5 Å². The first kappa shape index (κ1) is 37.8. The van der Waals surface area contributed by atoms with Crippen LogP contribution < -0.4 is 25.2 Å². The molecule has 1 aliphatic carbocycles. The summed E-state index contributed by atoms with van der Waals surface area (Å²) in [6.45, 7) is 4.50. The lowest BCUT2D eigenvalue weighted by atomic mass is 9.93. The molecule has 0 spiro atoms. The zero-order valence-electron chi connectivity index (χ0n) is 31.8. The van der Waals surface area contributed by atoms with E-state index in [9.17, 15) is 24.0 Å². The van der Waals surface area contributed by atoms with Gasteiger partial charge in [0.15, 0.2) is 11.5 Å². The van der Waals surface area contributed by atoms with Crippen molar-refractivity contribution < 1.29 is 28.7 Å². The number of fused-ring (bicyclic) bond motifs is 3. The van der Waals surface area contributed by atoms with Gasteiger partial charge in [-0.25, -0.2) is 9.80 Å². The van der Waals surface area contributed by atoms with Gasteiger partial charge in [-0.1, -0.05) is 11.6 Å². The molecule has 300 valence electrons. The topological polar surface area (TPSA) is 184 Å². The summed E-state index contributed by atoms with van der Waals surface area (Å²) in [7, 11) is 0. The number of aromatic nitrogens is 2. The van der Waals surface area contributed by atoms with Gasteiger partial charge in [-0.3, -0.25) is 29.4 Å². The summed E-state index contributed by atoms with van der Waals surface area (Å²) in [5.74, 6) is 0.196. The van der Waals surface area contributed by atoms with E-state index in [2.05, 4.69) is 41.6 Å². The molecule has 2 bridgehead atoms. The quantitative estimate of drug-likeness (QED) is 0.299. The number of nitrogens with zero attached hydrogens (tertiary/aromatic N) is 8. The third-order valence-electron chi connectivity index (χ3n) is 12.5. The molecule has 2 N–H and O–H groups in total. The van der Waals surface area contributed by atoms with Crippen LogP contribution in [0.2, 0.25) is 5.02 Å². The van der Waals surface area contributed by atoms with Crippen LogP contribution in [0.5, 0.6) is 5.75 Å². The fraction of sp³-hybridized carbons (Fsp3) is 0.463. The number of carbonyl (C=O) groups excluding carboxylic acids is 5. The predicted octanol–water partition coefficient (Wildman–Crippen LogP) is 3.75. The van der Waals surface area contributed by atoms with Gasteiger partial charge < -0.3 is 19.9 Å². The standard InChI is InChI=1S/C41H43ClN10O6/c42-34-19-31(5-1-25(34)20-43)58-30-6-2-26(3-7-30)44-38(54)35-9-10-36(47-46-35)48-14-11-24(12-15-48)21-49-22-29-17-28(49)23-50(29)27-4-8-32-33(18-27)40(56)52(39(32)55)51-16-13-37(53)45-41(51)57/h1,4-5,8-10,18-19,24,26,28-30H,2-3,6-7,11-17,21-23H2,(H,44,54)(H,45,53,57)/t26?,28-,29-,30?/m0/s1. The van der Waals surface area contributed by atoms with Crippen LogP contribution in [0, 0.1) is 17.2 Å². The average molecular weight is 807 g/mol. The number of nitriles is 1. The Balaban J connectivity index is 0.714. The molecule has 2 atom stereocenters. The van der Waals surface area contributed by atoms with Crippen molar-refractivity contribution in [2.24, 2.45) is 5.92 Å². The lowest BCUT2D eigenvalue weighted by Gasteiger charge is -2.39. The molecule has 6 aliphatic rings. The highest BCUT2D eigenvalue weighted by molar-refractivity contribution is 6.31. The summed E-state index contributed by atoms with van der Waals surface area (Å²) in [4.78, 5) is 70.7. The van der Waals surface area contributed by atoms with Gasteiger partial charge in [0.1, 0.15) is 11.8 Å². The summed E-state index contributed by atoms with van der Waals surface area (Å²) >= 11 is 6.15. The van der Waals surface area contributed by atoms with Crippen molar-refractivity contribution in [3.8, 4) is 11.8 Å². The van der Waals surface area contributed by atoms with Crippen molar-refractivity contribution in [3.63, 3.8) is 0 Å². The van der Waals surface area contributed by atoms with E-state index in [0.717, 1.165) is 99.2 Å². The largest absolute Gasteiger partial charge is 0.490 e. The number of likely N-dealkylation sites (tertiary alicyclic amines) is 1. The normalized spacial score (nSPS) is 24.9. The first-order valence-electron chi connectivity index (χ1n) is 20.0. The minimum atomic E-state index is -0.773. The van der Waals surface area contributed by atoms with Crippen molar-refractivity contribution in [1.82, 2.24) is 35.7 Å². The molecule has 2 aromatic carbocycles. The first-order chi connectivity index (χ1) is 28.1. The second kappa shape index (κ2) is 15.5. The summed E-state index contributed by atoms with van der Waals surface area (Å²) in [6.07, 6.45) is 6.29. The van der Waals surface area contributed by atoms with E-state index in [1.54, 1.807) is 36.4 Å². The fourth-order valence-corrected chi connectivity index (χ4v) is 9.59. The number of imide groups is 2. The van der Waals surface area contributed by atoms with Crippen molar-refractivity contribution in [3.05, 3.63) is 75.9 Å². The Morgan fingerprint density at radius 1 is 0.897 bits per heavy atom. The number of piperazine rings is 1. The molecule has 1 aromatic heterocycles. The molecule has 58 heavy (non-hydrogen) atoms. The summed E-state index contributed by atoms with van der Waals surface area (Å²) < 4.78 is 6.08. The third kappa shape index (κ3) is 7.28. The maximum absolute atomic E-state index is 13.4. The monoisotopic (exact) mass is 806 g/mol. The number of hydrogen-bond donors (Lipinski definition) is 2. The van der Waals surface area contributed by atoms with E-state index < -0.39 is 23.8 Å². The number of halogens is 1. The highest BCUT2D eigenvalue weighted by atomic mass is 35.5. The number of piperidine rings is 1. The molecule has 5 aliphatic heterocycles. The highest BCUT2D eigenvalue weighted by Crippen LogP contribution is 2.38. The molecule has 17 heteroatoms. The molecule has 0 unspecified atom stereocenters. The van der Waals surface area contributed by atoms with Gasteiger partial charge in [0.25, 0.3) is 17.7 Å². The zero-order valence-corrected chi connectivity index (χ0v) is 32.6. The molecule has 0 radical (unpaired) electrons. The summed E-state index contributed by atoms with van der Waals surface area (Å²) in [5.41, 5.74) is 2.14. The van der Waals surface area contributed by atoms with Crippen molar-refractivity contribution >= 4 is 52.8 Å². The molecule has 5 fully saturated rings. The SMILES string of the molecule is N#Cc1ccc(OC2CCC(NC(=O)c3ccc(N4CCC(CN5C[C@@H]6C[C@H]5CN6c5ccc6c(c5)C(=O)N(N5CCC(=O)NC5=O)C6=O)CC4)nn3)CC2)cc1Cl. The molecular formula is C41H43ClN10O6. The molecule has 6 heterocycles. The van der Waals surface area contributed by atoms with E-state index in [-0.39, 0.29) is 42.1 Å². The number of nitrogens with one attached hydrogen (secondary N) is 2. The summed E-state index contributed by atoms with van der Waals surface area (Å²) in [5, 5.41) is 25.3. The van der Waals surface area contributed by atoms with Gasteiger partial charge in [0, 0.05) is 69.0 Å². The van der Waals surface area contributed by atoms with Gasteiger partial charge in [-0.2, -0.15) is 10.3 Å². The number of amides is 6. The van der Waals surface area contributed by atoms with Crippen LogP contribution in [0.25, 0.3) is 0 Å². The minimum absolute atomic E-state index is 0.0168. The Hall–Kier alpha value is -5.79. The van der Waals surface area contributed by atoms with Gasteiger partial charge in [0.05, 0.1) is 34.4 Å². The summed E-state index contributed by atoms with van der Waals surface area (Å²) in [6, 6.07) is 16.1. The Morgan fingerprint density at radius 2 is 1.69 bits per heavy atom. The molecule has 1 saturated carbocycles. The van der Waals surface area contributed by atoms with Gasteiger partial charge in [0.2, 0.25) is 5.91 Å². The Morgan fingerprint density at radius 3 is 2.38 bits per heavy atom. The van der Waals surface area contributed by atoms with E-state index in [1.165, 1.54) is 0 Å². The number of benzene rings is 2. The second-order valence-electron chi connectivity index (χ2n) is 16.1. The lowest BCUT2D eigenvalue weighted by molar-refractivity contribution is -0.122. The van der Waals surface area contributed by atoms with Crippen molar-refractivity contribution in [2.75, 3.05) is 49.1 Å². The molecule has 16 nitrogen and oxygen atoms in total. The number of anilines is 2. The van der Waals surface area contributed by atoms with Crippen LogP contribution in [0.3, 0.4) is 0 Å². The zero-order chi connectivity index (χ0) is 40.1. The first-order valence-corrected chi connectivity index (χ1v) is 20.4. The molecule has 9 rings (SSSR count). The van der Waals surface area contributed by atoms with E-state index in [1.807, 2.05) is 12.1 Å². The smallest absolute Gasteiger partial charge is 0.343 e. The van der Waals surface area contributed by atoms with Crippen LogP contribution in [0.1, 0.15) is 88.1 Å². The van der Waals surface area contributed by atoms with Gasteiger partial charge >= 0.3 is 6.03 Å². The van der Waals surface area contributed by atoms with E-state index >= 15 is 0 Å². The van der Waals surface area contributed by atoms with Crippen molar-refractivity contribution in [1.29, 1.82) is 5.26 Å². The average Bonchev–Trinajstić information content (AvgIpc) is 3.90. The minimum Gasteiger partial charge on any atom is -0.490 e. The maximum atomic E-state index is 13.4. The Bertz CT molecular complexity index is 2200. The van der Waals surface area contributed by atoms with Gasteiger partial charge in [-0.15, -0.1) is 10.2 Å². The molecule has 6 amide bonds. The lowest BCUT2D eigenvalue weighted by Crippen LogP contribution is -2.58. The van der Waals surface area contributed by atoms with Crippen LogP contribution in [-0.4, -0.2) is 118 Å². The third-order valence-corrected chi connectivity index (χ3v) is 12.8. The number of hydrazine groups is 1. The van der Waals surface area contributed by atoms with E-state index in [0.29, 0.717) is 40.0 Å². The predicted molar refractivity (Wildman–Crippen MR) is 210 cm³/mol. The molecule has 4 saturated heterocycles.